The number of amides is 2. The highest BCUT2D eigenvalue weighted by Crippen LogP contribution is 2.30. The van der Waals surface area contributed by atoms with Gasteiger partial charge in [0.25, 0.3) is 0 Å². The molecule has 2 saturated heterocycles. The average Bonchev–Trinajstić information content (AvgIpc) is 2.73. The average molecular weight is 286 g/mol. The second kappa shape index (κ2) is 5.57. The minimum Gasteiger partial charge on any atom is -0.480 e. The van der Waals surface area contributed by atoms with Gasteiger partial charge >= 0.3 is 12.0 Å². The number of aliphatic hydroxyl groups is 1. The van der Waals surface area contributed by atoms with Crippen LogP contribution in [0.3, 0.4) is 0 Å². The third kappa shape index (κ3) is 2.88. The third-order valence-electron chi connectivity index (χ3n) is 4.18. The van der Waals surface area contributed by atoms with Crippen LogP contribution >= 0.6 is 0 Å². The second-order valence-electron chi connectivity index (χ2n) is 5.98. The molecule has 0 aromatic heterocycles. The molecule has 2 aliphatic heterocycles. The molecule has 7 heteroatoms. The van der Waals surface area contributed by atoms with E-state index in [9.17, 15) is 14.7 Å². The van der Waals surface area contributed by atoms with Crippen molar-refractivity contribution < 1.29 is 24.5 Å². The molecule has 2 fully saturated rings. The van der Waals surface area contributed by atoms with Crippen LogP contribution in [-0.2, 0) is 9.53 Å². The maximum absolute atomic E-state index is 12.3. The Labute approximate surface area is 118 Å². The summed E-state index contributed by atoms with van der Waals surface area (Å²) in [5.74, 6) is -0.704. The Morgan fingerprint density at radius 1 is 1.40 bits per heavy atom. The number of carboxylic acid groups (broad SMARTS) is 1. The van der Waals surface area contributed by atoms with Crippen molar-refractivity contribution in [1.82, 2.24) is 9.80 Å². The molecule has 114 valence electrons. The van der Waals surface area contributed by atoms with Crippen molar-refractivity contribution in [2.24, 2.45) is 5.92 Å². The Morgan fingerprint density at radius 3 is 2.60 bits per heavy atom. The number of nitrogens with zero attached hydrogens (tertiary/aromatic N) is 2. The van der Waals surface area contributed by atoms with Gasteiger partial charge in [0.1, 0.15) is 12.2 Å². The van der Waals surface area contributed by atoms with E-state index in [4.69, 9.17) is 9.84 Å². The van der Waals surface area contributed by atoms with Crippen LogP contribution in [0.5, 0.6) is 0 Å². The fourth-order valence-corrected chi connectivity index (χ4v) is 2.93. The summed E-state index contributed by atoms with van der Waals surface area (Å²) in [7, 11) is 0. The lowest BCUT2D eigenvalue weighted by Crippen LogP contribution is -2.66. The third-order valence-corrected chi connectivity index (χ3v) is 4.18. The van der Waals surface area contributed by atoms with Crippen LogP contribution < -0.4 is 0 Å². The maximum atomic E-state index is 12.3. The Kier molecular flexibility index (Phi) is 4.19. The Bertz CT molecular complexity index is 394. The molecule has 0 aromatic rings. The monoisotopic (exact) mass is 286 g/mol. The predicted molar refractivity (Wildman–Crippen MR) is 70.3 cm³/mol. The summed E-state index contributed by atoms with van der Waals surface area (Å²) >= 11 is 0. The van der Waals surface area contributed by atoms with E-state index in [1.807, 2.05) is 6.92 Å². The summed E-state index contributed by atoms with van der Waals surface area (Å²) in [6, 6.07) is -0.209. The zero-order valence-electron chi connectivity index (χ0n) is 11.9. The van der Waals surface area contributed by atoms with Gasteiger partial charge in [0.15, 0.2) is 0 Å². The lowest BCUT2D eigenvalue weighted by Gasteiger charge is -2.48. The van der Waals surface area contributed by atoms with Crippen molar-refractivity contribution in [3.63, 3.8) is 0 Å². The number of ether oxygens (including phenoxy) is 1. The van der Waals surface area contributed by atoms with Gasteiger partial charge in [0.05, 0.1) is 25.7 Å². The maximum Gasteiger partial charge on any atom is 0.329 e. The van der Waals surface area contributed by atoms with Gasteiger partial charge in [0.2, 0.25) is 0 Å². The lowest BCUT2D eigenvalue weighted by atomic mass is 9.97. The number of aliphatic hydroxyl groups excluding tert-OH is 1. The number of carboxylic acids is 1. The van der Waals surface area contributed by atoms with Crippen LogP contribution in [0.15, 0.2) is 0 Å². The molecule has 7 nitrogen and oxygen atoms in total. The molecule has 0 bridgehead atoms. The van der Waals surface area contributed by atoms with E-state index in [-0.39, 0.29) is 25.3 Å². The molecule has 0 aromatic carbocycles. The van der Waals surface area contributed by atoms with E-state index in [2.05, 4.69) is 0 Å². The number of likely N-dealkylation sites (tertiary alicyclic amines) is 2. The van der Waals surface area contributed by atoms with Crippen molar-refractivity contribution in [2.75, 3.05) is 32.8 Å². The number of aliphatic carboxylic acids is 1. The van der Waals surface area contributed by atoms with E-state index in [1.54, 1.807) is 16.7 Å². The summed E-state index contributed by atoms with van der Waals surface area (Å²) < 4.78 is 5.28. The quantitative estimate of drug-likeness (QED) is 0.758. The van der Waals surface area contributed by atoms with Gasteiger partial charge in [0, 0.05) is 6.54 Å². The zero-order chi connectivity index (χ0) is 14.9. The van der Waals surface area contributed by atoms with Gasteiger partial charge in [-0.3, -0.25) is 0 Å². The molecular formula is C13H22N2O5. The summed E-state index contributed by atoms with van der Waals surface area (Å²) in [6.07, 6.45) is 0.900. The Hall–Kier alpha value is -1.34. The first-order chi connectivity index (χ1) is 9.36. The number of carbonyl (C=O) groups excluding carboxylic acids is 1. The first-order valence-electron chi connectivity index (χ1n) is 6.88. The standard InChI is InChI=1S/C13H22N2O5/c1-9-3-4-15(10(9)5-16)12(19)14-7-13(2,8-14)20-6-11(17)18/h9-10,16H,3-8H2,1-2H3,(H,17,18). The smallest absolute Gasteiger partial charge is 0.329 e. The van der Waals surface area contributed by atoms with E-state index >= 15 is 0 Å². The highest BCUT2D eigenvalue weighted by atomic mass is 16.5. The van der Waals surface area contributed by atoms with Crippen LogP contribution in [0, 0.1) is 5.92 Å². The number of urea groups is 1. The second-order valence-corrected chi connectivity index (χ2v) is 5.98. The lowest BCUT2D eigenvalue weighted by molar-refractivity contribution is -0.160. The SMILES string of the molecule is CC1CCN(C(=O)N2CC(C)(OCC(=O)O)C2)C1CO. The Morgan fingerprint density at radius 2 is 2.05 bits per heavy atom. The van der Waals surface area contributed by atoms with Crippen LogP contribution in [-0.4, -0.2) is 76.5 Å². The highest BCUT2D eigenvalue weighted by molar-refractivity contribution is 5.76. The van der Waals surface area contributed by atoms with Gasteiger partial charge in [-0.1, -0.05) is 6.92 Å². The first kappa shape index (κ1) is 15.1. The van der Waals surface area contributed by atoms with Gasteiger partial charge in [-0.2, -0.15) is 0 Å². The summed E-state index contributed by atoms with van der Waals surface area (Å²) in [5.41, 5.74) is -0.575. The topological polar surface area (TPSA) is 90.3 Å². The normalized spacial score (nSPS) is 28.4. The first-order valence-corrected chi connectivity index (χ1v) is 6.88. The largest absolute Gasteiger partial charge is 0.480 e. The minimum absolute atomic E-state index is 0.0203. The molecular weight excluding hydrogens is 264 g/mol. The molecule has 20 heavy (non-hydrogen) atoms. The van der Waals surface area contributed by atoms with Crippen molar-refractivity contribution in [1.29, 1.82) is 0 Å². The van der Waals surface area contributed by atoms with Gasteiger partial charge in [-0.15, -0.1) is 0 Å². The molecule has 2 heterocycles. The van der Waals surface area contributed by atoms with Crippen molar-refractivity contribution in [3.05, 3.63) is 0 Å². The summed E-state index contributed by atoms with van der Waals surface area (Å²) in [6.45, 7) is 4.91. The van der Waals surface area contributed by atoms with Crippen LogP contribution in [0.4, 0.5) is 4.79 Å². The highest BCUT2D eigenvalue weighted by Gasteiger charge is 2.46. The fraction of sp³-hybridized carbons (Fsp3) is 0.846. The number of carbonyl (C=O) groups is 2. The molecule has 0 saturated carbocycles. The number of hydrogen-bond acceptors (Lipinski definition) is 4. The molecule has 0 aliphatic carbocycles. The van der Waals surface area contributed by atoms with E-state index < -0.39 is 11.6 Å². The van der Waals surface area contributed by atoms with E-state index in [1.165, 1.54) is 0 Å². The van der Waals surface area contributed by atoms with Crippen LogP contribution in [0.25, 0.3) is 0 Å². The van der Waals surface area contributed by atoms with Gasteiger partial charge < -0.3 is 24.7 Å². The number of hydrogen-bond donors (Lipinski definition) is 2. The van der Waals surface area contributed by atoms with Gasteiger partial charge in [-0.05, 0) is 19.3 Å². The van der Waals surface area contributed by atoms with E-state index in [0.29, 0.717) is 25.6 Å². The molecule has 2 atom stereocenters. The van der Waals surface area contributed by atoms with E-state index in [0.717, 1.165) is 6.42 Å². The fourth-order valence-electron chi connectivity index (χ4n) is 2.93. The molecule has 2 unspecified atom stereocenters. The summed E-state index contributed by atoms with van der Waals surface area (Å²) in [5, 5.41) is 18.0. The molecule has 0 radical (unpaired) electrons. The molecule has 2 N–H and O–H groups in total. The molecule has 2 rings (SSSR count). The van der Waals surface area contributed by atoms with Crippen LogP contribution in [0.2, 0.25) is 0 Å². The minimum atomic E-state index is -1.01. The molecule has 2 aliphatic rings. The zero-order valence-corrected chi connectivity index (χ0v) is 11.9. The molecule has 0 spiro atoms. The van der Waals surface area contributed by atoms with Gasteiger partial charge in [-0.25, -0.2) is 9.59 Å². The van der Waals surface area contributed by atoms with Crippen molar-refractivity contribution in [3.8, 4) is 0 Å². The predicted octanol–water partition coefficient (Wildman–Crippen LogP) is -0.0154. The Balaban J connectivity index is 1.86. The van der Waals surface area contributed by atoms with Crippen molar-refractivity contribution >= 4 is 12.0 Å². The van der Waals surface area contributed by atoms with Crippen LogP contribution in [0.1, 0.15) is 20.3 Å². The van der Waals surface area contributed by atoms with Crippen molar-refractivity contribution in [2.45, 2.75) is 31.9 Å². The molecule has 2 amide bonds. The summed E-state index contributed by atoms with van der Waals surface area (Å²) in [4.78, 5) is 26.2. The number of rotatable bonds is 4.